The van der Waals surface area contributed by atoms with Crippen LogP contribution in [0, 0.1) is 6.92 Å². The zero-order chi connectivity index (χ0) is 13.9. The summed E-state index contributed by atoms with van der Waals surface area (Å²) >= 11 is 1.67. The number of rotatable bonds is 4. The Balaban J connectivity index is 1.79. The van der Waals surface area contributed by atoms with Crippen LogP contribution in [0.4, 0.5) is 5.69 Å². The van der Waals surface area contributed by atoms with Crippen LogP contribution in [-0.4, -0.2) is 19.7 Å². The Morgan fingerprint density at radius 1 is 1.25 bits per heavy atom. The summed E-state index contributed by atoms with van der Waals surface area (Å²) in [6.07, 6.45) is 3.37. The van der Waals surface area contributed by atoms with E-state index in [0.29, 0.717) is 0 Å². The van der Waals surface area contributed by atoms with E-state index in [0.717, 1.165) is 22.1 Å². The topological polar surface area (TPSA) is 55.6 Å². The molecule has 1 N–H and O–H groups in total. The third-order valence-corrected chi connectivity index (χ3v) is 3.82. The highest BCUT2D eigenvalue weighted by atomic mass is 32.1. The summed E-state index contributed by atoms with van der Waals surface area (Å²) in [6, 6.07) is 8.32. The Bertz CT molecular complexity index is 689. The van der Waals surface area contributed by atoms with Crippen LogP contribution in [0.3, 0.4) is 0 Å². The van der Waals surface area contributed by atoms with Crippen LogP contribution in [0.1, 0.15) is 23.7 Å². The number of hydrogen-bond donors (Lipinski definition) is 1. The second-order valence-electron chi connectivity index (χ2n) is 4.58. The molecule has 5 nitrogen and oxygen atoms in total. The largest absolute Gasteiger partial charge is 0.377 e. The Labute approximate surface area is 121 Å². The third-order valence-electron chi connectivity index (χ3n) is 3.03. The number of thiazole rings is 1. The van der Waals surface area contributed by atoms with Crippen molar-refractivity contribution in [3.63, 3.8) is 0 Å². The van der Waals surface area contributed by atoms with Crippen LogP contribution in [-0.2, 0) is 0 Å². The highest BCUT2D eigenvalue weighted by Gasteiger charge is 2.09. The van der Waals surface area contributed by atoms with Gasteiger partial charge in [-0.3, -0.25) is 4.57 Å². The average Bonchev–Trinajstić information content (AvgIpc) is 3.10. The minimum absolute atomic E-state index is 0.177. The molecule has 0 spiro atoms. The van der Waals surface area contributed by atoms with Crippen LogP contribution >= 0.6 is 11.3 Å². The van der Waals surface area contributed by atoms with Gasteiger partial charge in [-0.25, -0.2) is 4.98 Å². The highest BCUT2D eigenvalue weighted by molar-refractivity contribution is 7.09. The van der Waals surface area contributed by atoms with Gasteiger partial charge in [0.15, 0.2) is 0 Å². The van der Waals surface area contributed by atoms with Gasteiger partial charge >= 0.3 is 0 Å². The maximum atomic E-state index is 4.51. The van der Waals surface area contributed by atoms with Crippen molar-refractivity contribution in [1.82, 2.24) is 19.7 Å². The normalized spacial score (nSPS) is 12.3. The molecule has 0 aliphatic rings. The Morgan fingerprint density at radius 3 is 2.75 bits per heavy atom. The Hall–Kier alpha value is -2.21. The lowest BCUT2D eigenvalue weighted by Gasteiger charge is -2.14. The van der Waals surface area contributed by atoms with E-state index in [-0.39, 0.29) is 6.04 Å². The highest BCUT2D eigenvalue weighted by Crippen LogP contribution is 2.22. The van der Waals surface area contributed by atoms with Crippen molar-refractivity contribution in [3.05, 3.63) is 53.0 Å². The first kappa shape index (κ1) is 12.8. The number of anilines is 1. The summed E-state index contributed by atoms with van der Waals surface area (Å²) in [4.78, 5) is 4.51. The monoisotopic (exact) mass is 285 g/mol. The van der Waals surface area contributed by atoms with Crippen LogP contribution in [0.2, 0.25) is 0 Å². The van der Waals surface area contributed by atoms with Gasteiger partial charge in [-0.15, -0.1) is 21.5 Å². The van der Waals surface area contributed by atoms with E-state index in [1.165, 1.54) is 0 Å². The molecular weight excluding hydrogens is 270 g/mol. The van der Waals surface area contributed by atoms with Gasteiger partial charge in [-0.2, -0.15) is 0 Å². The Kier molecular flexibility index (Phi) is 3.47. The van der Waals surface area contributed by atoms with Crippen molar-refractivity contribution in [2.75, 3.05) is 5.32 Å². The fraction of sp³-hybridized carbons (Fsp3) is 0.214. The number of nitrogens with one attached hydrogen (secondary N) is 1. The summed E-state index contributed by atoms with van der Waals surface area (Å²) in [6.45, 7) is 4.13. The fourth-order valence-electron chi connectivity index (χ4n) is 1.99. The molecule has 1 atom stereocenters. The molecule has 0 amide bonds. The van der Waals surface area contributed by atoms with Gasteiger partial charge in [0, 0.05) is 11.1 Å². The average molecular weight is 285 g/mol. The van der Waals surface area contributed by atoms with Crippen molar-refractivity contribution >= 4 is 17.0 Å². The molecule has 1 aromatic carbocycles. The van der Waals surface area contributed by atoms with E-state index in [9.17, 15) is 0 Å². The lowest BCUT2D eigenvalue weighted by atomic mass is 10.2. The Morgan fingerprint density at radius 2 is 2.05 bits per heavy atom. The maximum absolute atomic E-state index is 4.51. The summed E-state index contributed by atoms with van der Waals surface area (Å²) in [5, 5.41) is 14.3. The molecule has 6 heteroatoms. The second kappa shape index (κ2) is 5.42. The number of aromatic nitrogens is 4. The third kappa shape index (κ3) is 2.70. The number of benzene rings is 1. The minimum atomic E-state index is 0.177. The molecule has 0 fully saturated rings. The fourth-order valence-corrected chi connectivity index (χ4v) is 2.70. The van der Waals surface area contributed by atoms with E-state index in [2.05, 4.69) is 38.9 Å². The van der Waals surface area contributed by atoms with Crippen molar-refractivity contribution in [1.29, 1.82) is 0 Å². The second-order valence-corrected chi connectivity index (χ2v) is 5.64. The zero-order valence-electron chi connectivity index (χ0n) is 11.3. The lowest BCUT2D eigenvalue weighted by molar-refractivity contribution is 0.845. The molecular formula is C14H15N5S. The van der Waals surface area contributed by atoms with Crippen molar-refractivity contribution in [3.8, 4) is 5.69 Å². The number of hydrogen-bond acceptors (Lipinski definition) is 5. The molecule has 0 radical (unpaired) electrons. The molecule has 0 aliphatic heterocycles. The molecule has 0 saturated carbocycles. The molecule has 0 aliphatic carbocycles. The predicted molar refractivity (Wildman–Crippen MR) is 80.2 cm³/mol. The van der Waals surface area contributed by atoms with E-state index in [1.807, 2.05) is 29.7 Å². The quantitative estimate of drug-likeness (QED) is 0.799. The van der Waals surface area contributed by atoms with Gasteiger partial charge in [-0.1, -0.05) is 6.07 Å². The van der Waals surface area contributed by atoms with Gasteiger partial charge < -0.3 is 5.32 Å². The van der Waals surface area contributed by atoms with E-state index < -0.39 is 0 Å². The first-order valence-electron chi connectivity index (χ1n) is 6.36. The molecule has 102 valence electrons. The first-order valence-corrected chi connectivity index (χ1v) is 7.24. The zero-order valence-corrected chi connectivity index (χ0v) is 12.1. The van der Waals surface area contributed by atoms with Crippen LogP contribution in [0.15, 0.2) is 42.3 Å². The van der Waals surface area contributed by atoms with Gasteiger partial charge in [-0.05, 0) is 32.0 Å². The van der Waals surface area contributed by atoms with Crippen molar-refractivity contribution in [2.45, 2.75) is 19.9 Å². The first-order chi connectivity index (χ1) is 9.72. The van der Waals surface area contributed by atoms with Gasteiger partial charge in [0.2, 0.25) is 0 Å². The van der Waals surface area contributed by atoms with E-state index in [4.69, 9.17) is 0 Å². The van der Waals surface area contributed by atoms with Gasteiger partial charge in [0.1, 0.15) is 12.7 Å². The van der Waals surface area contributed by atoms with E-state index in [1.54, 1.807) is 24.0 Å². The molecule has 0 bridgehead atoms. The summed E-state index contributed by atoms with van der Waals surface area (Å²) < 4.78 is 1.88. The maximum Gasteiger partial charge on any atom is 0.123 e. The molecule has 20 heavy (non-hydrogen) atoms. The molecule has 1 unspecified atom stereocenters. The summed E-state index contributed by atoms with van der Waals surface area (Å²) in [5.74, 6) is 0. The summed E-state index contributed by atoms with van der Waals surface area (Å²) in [7, 11) is 0. The van der Waals surface area contributed by atoms with Crippen LogP contribution in [0.25, 0.3) is 5.69 Å². The molecule has 2 aromatic heterocycles. The number of aryl methyl sites for hydroxylation is 1. The molecule has 0 saturated heterocycles. The van der Waals surface area contributed by atoms with Gasteiger partial charge in [0.05, 0.1) is 22.4 Å². The van der Waals surface area contributed by atoms with Crippen molar-refractivity contribution in [2.24, 2.45) is 0 Å². The van der Waals surface area contributed by atoms with Crippen LogP contribution < -0.4 is 5.32 Å². The van der Waals surface area contributed by atoms with E-state index >= 15 is 0 Å². The lowest BCUT2D eigenvalue weighted by Crippen LogP contribution is -2.07. The minimum Gasteiger partial charge on any atom is -0.377 e. The SMILES string of the molecule is Cc1nc(C(C)Nc2cccc(-n3cnnc3)c2)cs1. The molecule has 3 rings (SSSR count). The molecule has 3 aromatic rings. The van der Waals surface area contributed by atoms with Crippen molar-refractivity contribution < 1.29 is 0 Å². The molecule has 2 heterocycles. The summed E-state index contributed by atoms with van der Waals surface area (Å²) in [5.41, 5.74) is 3.15. The predicted octanol–water partition coefficient (Wildman–Crippen LogP) is 3.21. The standard InChI is InChI=1S/C14H15N5S/c1-10(14-7-20-11(2)18-14)17-12-4-3-5-13(6-12)19-8-15-16-9-19/h3-10,17H,1-2H3. The number of nitrogens with zero attached hydrogens (tertiary/aromatic N) is 4. The van der Waals surface area contributed by atoms with Crippen LogP contribution in [0.5, 0.6) is 0 Å². The smallest absolute Gasteiger partial charge is 0.123 e. The van der Waals surface area contributed by atoms with Gasteiger partial charge in [0.25, 0.3) is 0 Å².